The first kappa shape index (κ1) is 15.5. The molecule has 0 spiro atoms. The summed E-state index contributed by atoms with van der Waals surface area (Å²) in [6.45, 7) is -0.207. The number of aliphatic hydroxyl groups excluding tert-OH is 1. The lowest BCUT2D eigenvalue weighted by molar-refractivity contribution is -0.152. The van der Waals surface area contributed by atoms with E-state index in [-0.39, 0.29) is 18.7 Å². The first-order valence-corrected chi connectivity index (χ1v) is 8.27. The van der Waals surface area contributed by atoms with Crippen LogP contribution in [0, 0.1) is 0 Å². The number of ether oxygens (including phenoxy) is 1. The normalized spacial score (nSPS) is 29.8. The first-order valence-electron chi connectivity index (χ1n) is 8.27. The Balaban J connectivity index is 1.63. The average Bonchev–Trinajstić information content (AvgIpc) is 2.77. The molecular weight excluding hydrogens is 278 g/mol. The number of aliphatic hydroxyl groups is 1. The van der Waals surface area contributed by atoms with Gasteiger partial charge >= 0.3 is 5.97 Å². The lowest BCUT2D eigenvalue weighted by Crippen LogP contribution is -2.32. The second kappa shape index (κ2) is 6.80. The molecule has 0 unspecified atom stereocenters. The van der Waals surface area contributed by atoms with E-state index in [1.807, 2.05) is 30.3 Å². The molecule has 120 valence electrons. The number of hydrogen-bond acceptors (Lipinski definition) is 4. The van der Waals surface area contributed by atoms with Crippen LogP contribution in [0.4, 0.5) is 0 Å². The van der Waals surface area contributed by atoms with E-state index < -0.39 is 5.92 Å². The van der Waals surface area contributed by atoms with Crippen LogP contribution in [0.15, 0.2) is 30.3 Å². The number of carbonyl (C=O) groups excluding carboxylic acids is 1. The Morgan fingerprint density at radius 3 is 2.64 bits per heavy atom. The van der Waals surface area contributed by atoms with Crippen molar-refractivity contribution in [2.24, 2.45) is 0 Å². The van der Waals surface area contributed by atoms with E-state index >= 15 is 0 Å². The minimum absolute atomic E-state index is 0.0111. The van der Waals surface area contributed by atoms with Gasteiger partial charge in [0.1, 0.15) is 12.0 Å². The zero-order valence-corrected chi connectivity index (χ0v) is 13.1. The lowest BCUT2D eigenvalue weighted by Gasteiger charge is -2.24. The zero-order chi connectivity index (χ0) is 15.5. The number of esters is 1. The van der Waals surface area contributed by atoms with Crippen LogP contribution in [0.3, 0.4) is 0 Å². The second-order valence-electron chi connectivity index (χ2n) is 6.57. The van der Waals surface area contributed by atoms with Crippen molar-refractivity contribution < 1.29 is 14.6 Å². The highest BCUT2D eigenvalue weighted by Crippen LogP contribution is 2.34. The van der Waals surface area contributed by atoms with Crippen LogP contribution in [0.25, 0.3) is 0 Å². The van der Waals surface area contributed by atoms with Crippen LogP contribution in [-0.4, -0.2) is 47.8 Å². The molecule has 22 heavy (non-hydrogen) atoms. The molecule has 0 amide bonds. The Labute approximate surface area is 132 Å². The fraction of sp³-hybridized carbons (Fsp3) is 0.611. The highest BCUT2D eigenvalue weighted by molar-refractivity contribution is 5.78. The Morgan fingerprint density at radius 2 is 1.91 bits per heavy atom. The van der Waals surface area contributed by atoms with E-state index in [1.54, 1.807) is 0 Å². The van der Waals surface area contributed by atoms with Gasteiger partial charge in [0.2, 0.25) is 0 Å². The highest BCUT2D eigenvalue weighted by Gasteiger charge is 2.37. The van der Waals surface area contributed by atoms with Crippen molar-refractivity contribution in [1.82, 2.24) is 4.90 Å². The molecule has 0 saturated carbocycles. The number of carbonyl (C=O) groups is 1. The summed E-state index contributed by atoms with van der Waals surface area (Å²) in [5.41, 5.74) is 0.822. The fourth-order valence-electron chi connectivity index (χ4n) is 3.88. The first-order chi connectivity index (χ1) is 10.7. The summed E-state index contributed by atoms with van der Waals surface area (Å²) in [5.74, 6) is -0.863. The molecule has 2 aliphatic heterocycles. The van der Waals surface area contributed by atoms with Gasteiger partial charge in [0.15, 0.2) is 0 Å². The van der Waals surface area contributed by atoms with Gasteiger partial charge < -0.3 is 14.7 Å². The molecule has 4 heteroatoms. The van der Waals surface area contributed by atoms with Crippen molar-refractivity contribution in [2.45, 2.75) is 56.2 Å². The van der Waals surface area contributed by atoms with Crippen LogP contribution in [0.2, 0.25) is 0 Å². The van der Waals surface area contributed by atoms with Gasteiger partial charge in [-0.1, -0.05) is 30.3 Å². The number of fused-ring (bicyclic) bond motifs is 2. The van der Waals surface area contributed by atoms with Crippen LogP contribution < -0.4 is 0 Å². The molecule has 2 saturated heterocycles. The van der Waals surface area contributed by atoms with Crippen molar-refractivity contribution in [3.63, 3.8) is 0 Å². The SMILES string of the molecule is CN1[C@H]2CC[C@@H](OC(=O)[C@H](CO)c3ccccc3)C[C@H]1CC2. The summed E-state index contributed by atoms with van der Waals surface area (Å²) < 4.78 is 5.75. The van der Waals surface area contributed by atoms with E-state index in [4.69, 9.17) is 4.74 Å². The third kappa shape index (κ3) is 3.18. The molecule has 4 atom stereocenters. The van der Waals surface area contributed by atoms with Crippen molar-refractivity contribution in [1.29, 1.82) is 0 Å². The van der Waals surface area contributed by atoms with E-state index in [0.717, 1.165) is 24.8 Å². The molecule has 4 nitrogen and oxygen atoms in total. The maximum atomic E-state index is 12.4. The van der Waals surface area contributed by atoms with Crippen LogP contribution >= 0.6 is 0 Å². The van der Waals surface area contributed by atoms with E-state index in [9.17, 15) is 9.90 Å². The van der Waals surface area contributed by atoms with Gasteiger partial charge in [-0.25, -0.2) is 0 Å². The number of nitrogens with zero attached hydrogens (tertiary/aromatic N) is 1. The summed E-state index contributed by atoms with van der Waals surface area (Å²) in [7, 11) is 2.19. The largest absolute Gasteiger partial charge is 0.462 e. The molecule has 0 aromatic heterocycles. The van der Waals surface area contributed by atoms with Crippen molar-refractivity contribution in [3.8, 4) is 0 Å². The quantitative estimate of drug-likeness (QED) is 0.867. The Kier molecular flexibility index (Phi) is 4.79. The maximum absolute atomic E-state index is 12.4. The summed E-state index contributed by atoms with van der Waals surface area (Å²) in [6.07, 6.45) is 5.42. The third-order valence-electron chi connectivity index (χ3n) is 5.29. The predicted molar refractivity (Wildman–Crippen MR) is 84.6 cm³/mol. The smallest absolute Gasteiger partial charge is 0.316 e. The van der Waals surface area contributed by atoms with Gasteiger partial charge in [0.25, 0.3) is 0 Å². The molecule has 1 aromatic carbocycles. The van der Waals surface area contributed by atoms with Gasteiger partial charge in [0.05, 0.1) is 6.61 Å². The molecule has 2 fully saturated rings. The summed E-state index contributed by atoms with van der Waals surface area (Å²) in [5, 5.41) is 9.57. The molecular formula is C18H25NO3. The van der Waals surface area contributed by atoms with Crippen molar-refractivity contribution >= 4 is 5.97 Å². The minimum atomic E-state index is -0.570. The molecule has 1 N–H and O–H groups in total. The van der Waals surface area contributed by atoms with Gasteiger partial charge in [-0.15, -0.1) is 0 Å². The van der Waals surface area contributed by atoms with Gasteiger partial charge in [-0.2, -0.15) is 0 Å². The van der Waals surface area contributed by atoms with Crippen LogP contribution in [-0.2, 0) is 9.53 Å². The fourth-order valence-corrected chi connectivity index (χ4v) is 3.88. The Hall–Kier alpha value is -1.39. The van der Waals surface area contributed by atoms with E-state index in [0.29, 0.717) is 12.1 Å². The predicted octanol–water partition coefficient (Wildman–Crippen LogP) is 2.32. The monoisotopic (exact) mass is 303 g/mol. The molecule has 2 aliphatic rings. The molecule has 3 rings (SSSR count). The molecule has 0 radical (unpaired) electrons. The van der Waals surface area contributed by atoms with E-state index in [2.05, 4.69) is 11.9 Å². The highest BCUT2D eigenvalue weighted by atomic mass is 16.5. The topological polar surface area (TPSA) is 49.8 Å². The van der Waals surface area contributed by atoms with Crippen LogP contribution in [0.5, 0.6) is 0 Å². The van der Waals surface area contributed by atoms with Crippen molar-refractivity contribution in [2.75, 3.05) is 13.7 Å². The van der Waals surface area contributed by atoms with Gasteiger partial charge in [-0.3, -0.25) is 4.79 Å². The average molecular weight is 303 g/mol. The molecule has 2 bridgehead atoms. The number of rotatable bonds is 4. The summed E-state index contributed by atoms with van der Waals surface area (Å²) in [4.78, 5) is 14.9. The zero-order valence-electron chi connectivity index (χ0n) is 13.1. The third-order valence-corrected chi connectivity index (χ3v) is 5.29. The summed E-state index contributed by atoms with van der Waals surface area (Å²) in [6, 6.07) is 10.6. The molecule has 1 aromatic rings. The van der Waals surface area contributed by atoms with E-state index in [1.165, 1.54) is 12.8 Å². The maximum Gasteiger partial charge on any atom is 0.316 e. The lowest BCUT2D eigenvalue weighted by atomic mass is 9.97. The standard InChI is InChI=1S/C18H25NO3/c1-19-14-7-8-15(19)11-16(10-9-14)22-18(21)17(12-20)13-5-3-2-4-6-13/h2-6,14-17,20H,7-12H2,1H3/t14-,15-,16-,17-/m1/s1. The Morgan fingerprint density at radius 1 is 1.23 bits per heavy atom. The minimum Gasteiger partial charge on any atom is -0.462 e. The second-order valence-corrected chi connectivity index (χ2v) is 6.57. The summed E-state index contributed by atoms with van der Waals surface area (Å²) >= 11 is 0. The Bertz CT molecular complexity index is 504. The van der Waals surface area contributed by atoms with Crippen LogP contribution in [0.1, 0.15) is 43.6 Å². The van der Waals surface area contributed by atoms with Gasteiger partial charge in [-0.05, 0) is 44.7 Å². The number of hydrogen-bond donors (Lipinski definition) is 1. The number of benzene rings is 1. The molecule has 2 heterocycles. The van der Waals surface area contributed by atoms with Crippen molar-refractivity contribution in [3.05, 3.63) is 35.9 Å². The molecule has 0 aliphatic carbocycles. The van der Waals surface area contributed by atoms with Gasteiger partial charge in [0, 0.05) is 12.1 Å².